The van der Waals surface area contributed by atoms with E-state index in [2.05, 4.69) is 10.3 Å². The smallest absolute Gasteiger partial charge is 0.260 e. The van der Waals surface area contributed by atoms with Crippen molar-refractivity contribution in [1.82, 2.24) is 9.88 Å². The molecule has 142 valence electrons. The zero-order valence-electron chi connectivity index (χ0n) is 15.4. The fraction of sp³-hybridized carbons (Fsp3) is 0.381. The van der Waals surface area contributed by atoms with Crippen molar-refractivity contribution in [3.05, 3.63) is 54.4 Å². The van der Waals surface area contributed by atoms with E-state index < -0.39 is 0 Å². The molecule has 1 aliphatic heterocycles. The van der Waals surface area contributed by atoms with Gasteiger partial charge in [0, 0.05) is 43.2 Å². The number of hydrogen-bond donors (Lipinski definition) is 1. The molecule has 1 aromatic carbocycles. The van der Waals surface area contributed by atoms with Gasteiger partial charge in [0.2, 0.25) is 5.91 Å². The highest BCUT2D eigenvalue weighted by molar-refractivity contribution is 5.90. The van der Waals surface area contributed by atoms with Crippen LogP contribution in [0.15, 0.2) is 48.7 Å². The van der Waals surface area contributed by atoms with Crippen LogP contribution in [0.4, 0.5) is 5.69 Å². The Labute approximate surface area is 159 Å². The van der Waals surface area contributed by atoms with Crippen molar-refractivity contribution in [2.24, 2.45) is 0 Å². The Morgan fingerprint density at radius 1 is 1.11 bits per heavy atom. The first-order valence-corrected chi connectivity index (χ1v) is 9.41. The van der Waals surface area contributed by atoms with Crippen LogP contribution in [0.3, 0.4) is 0 Å². The molecule has 0 aliphatic carbocycles. The summed E-state index contributed by atoms with van der Waals surface area (Å²) in [4.78, 5) is 30.2. The number of aromatic nitrogens is 1. The van der Waals surface area contributed by atoms with Gasteiger partial charge in [-0.2, -0.15) is 0 Å². The summed E-state index contributed by atoms with van der Waals surface area (Å²) in [7, 11) is 0. The molecule has 2 amide bonds. The van der Waals surface area contributed by atoms with Gasteiger partial charge in [0.1, 0.15) is 5.75 Å². The normalized spacial score (nSPS) is 13.4. The topological polar surface area (TPSA) is 71.5 Å². The number of amides is 2. The predicted molar refractivity (Wildman–Crippen MR) is 104 cm³/mol. The van der Waals surface area contributed by atoms with Crippen molar-refractivity contribution in [2.45, 2.75) is 32.1 Å². The quantitative estimate of drug-likeness (QED) is 0.778. The minimum Gasteiger partial charge on any atom is -0.484 e. The van der Waals surface area contributed by atoms with Gasteiger partial charge in [-0.15, -0.1) is 0 Å². The van der Waals surface area contributed by atoms with E-state index in [9.17, 15) is 9.59 Å². The predicted octanol–water partition coefficient (Wildman–Crippen LogP) is 3.04. The van der Waals surface area contributed by atoms with Crippen LogP contribution in [0.25, 0.3) is 0 Å². The number of anilines is 1. The molecule has 1 saturated heterocycles. The molecular formula is C21H25N3O3. The molecule has 0 atom stereocenters. The molecule has 6 nitrogen and oxygen atoms in total. The van der Waals surface area contributed by atoms with Gasteiger partial charge < -0.3 is 15.0 Å². The van der Waals surface area contributed by atoms with Crippen molar-refractivity contribution in [3.63, 3.8) is 0 Å². The highest BCUT2D eigenvalue weighted by Gasteiger charge is 2.18. The molecule has 0 spiro atoms. The Balaban J connectivity index is 1.42. The number of hydrogen-bond acceptors (Lipinski definition) is 4. The number of pyridine rings is 1. The molecule has 3 rings (SSSR count). The summed E-state index contributed by atoms with van der Waals surface area (Å²) in [6.07, 6.45) is 5.82. The standard InChI is InChI=1S/C21H25N3O3/c25-20(11-6-8-17-7-1-2-12-22-17)23-18-9-5-10-19(15-18)27-16-21(26)24-13-3-4-14-24/h1-2,5,7,9-10,12,15H,3-4,6,8,11,13-14,16H2,(H,23,25). The molecule has 1 aromatic heterocycles. The summed E-state index contributed by atoms with van der Waals surface area (Å²) < 4.78 is 5.59. The van der Waals surface area contributed by atoms with Crippen LogP contribution >= 0.6 is 0 Å². The number of carbonyl (C=O) groups is 2. The Morgan fingerprint density at radius 3 is 2.74 bits per heavy atom. The van der Waals surface area contributed by atoms with E-state index >= 15 is 0 Å². The van der Waals surface area contributed by atoms with Gasteiger partial charge in [-0.25, -0.2) is 0 Å². The molecule has 0 saturated carbocycles. The maximum atomic E-state index is 12.1. The van der Waals surface area contributed by atoms with Crippen LogP contribution < -0.4 is 10.1 Å². The molecular weight excluding hydrogens is 342 g/mol. The third kappa shape index (κ3) is 6.09. The summed E-state index contributed by atoms with van der Waals surface area (Å²) >= 11 is 0. The fourth-order valence-electron chi connectivity index (χ4n) is 3.07. The zero-order valence-corrected chi connectivity index (χ0v) is 15.4. The molecule has 1 aliphatic rings. The highest BCUT2D eigenvalue weighted by Crippen LogP contribution is 2.18. The van der Waals surface area contributed by atoms with Crippen molar-refractivity contribution >= 4 is 17.5 Å². The van der Waals surface area contributed by atoms with E-state index in [0.29, 0.717) is 17.9 Å². The first-order valence-electron chi connectivity index (χ1n) is 9.41. The second kappa shape index (κ2) is 9.71. The number of rotatable bonds is 8. The largest absolute Gasteiger partial charge is 0.484 e. The van der Waals surface area contributed by atoms with Crippen LogP contribution in [-0.4, -0.2) is 41.4 Å². The molecule has 2 heterocycles. The van der Waals surface area contributed by atoms with E-state index in [1.54, 1.807) is 24.4 Å². The summed E-state index contributed by atoms with van der Waals surface area (Å²) in [5, 5.41) is 2.88. The Kier molecular flexibility index (Phi) is 6.79. The molecule has 6 heteroatoms. The highest BCUT2D eigenvalue weighted by atomic mass is 16.5. The first-order chi connectivity index (χ1) is 13.2. The van der Waals surface area contributed by atoms with E-state index in [1.807, 2.05) is 29.2 Å². The van der Waals surface area contributed by atoms with Crippen molar-refractivity contribution in [1.29, 1.82) is 0 Å². The average molecular weight is 367 g/mol. The first kappa shape index (κ1) is 18.9. The van der Waals surface area contributed by atoms with Crippen LogP contribution in [0, 0.1) is 0 Å². The van der Waals surface area contributed by atoms with Gasteiger partial charge in [-0.3, -0.25) is 14.6 Å². The van der Waals surface area contributed by atoms with Gasteiger partial charge in [0.25, 0.3) is 5.91 Å². The monoisotopic (exact) mass is 367 g/mol. The van der Waals surface area contributed by atoms with Crippen molar-refractivity contribution in [3.8, 4) is 5.75 Å². The average Bonchev–Trinajstić information content (AvgIpc) is 3.22. The molecule has 0 radical (unpaired) electrons. The van der Waals surface area contributed by atoms with E-state index in [0.717, 1.165) is 44.5 Å². The van der Waals surface area contributed by atoms with Crippen molar-refractivity contribution < 1.29 is 14.3 Å². The van der Waals surface area contributed by atoms with E-state index in [-0.39, 0.29) is 18.4 Å². The van der Waals surface area contributed by atoms with Crippen molar-refractivity contribution in [2.75, 3.05) is 25.0 Å². The Hall–Kier alpha value is -2.89. The van der Waals surface area contributed by atoms with Crippen LogP contribution in [0.2, 0.25) is 0 Å². The lowest BCUT2D eigenvalue weighted by Crippen LogP contribution is -2.32. The second-order valence-corrected chi connectivity index (χ2v) is 6.63. The zero-order chi connectivity index (χ0) is 18.9. The molecule has 27 heavy (non-hydrogen) atoms. The summed E-state index contributed by atoms with van der Waals surface area (Å²) in [6.45, 7) is 1.66. The number of aryl methyl sites for hydroxylation is 1. The third-order valence-electron chi connectivity index (χ3n) is 4.50. The Morgan fingerprint density at radius 2 is 1.96 bits per heavy atom. The van der Waals surface area contributed by atoms with Gasteiger partial charge in [-0.1, -0.05) is 12.1 Å². The summed E-state index contributed by atoms with van der Waals surface area (Å²) in [5.41, 5.74) is 1.66. The maximum Gasteiger partial charge on any atom is 0.260 e. The molecule has 1 N–H and O–H groups in total. The molecule has 1 fully saturated rings. The lowest BCUT2D eigenvalue weighted by Gasteiger charge is -2.15. The number of nitrogens with one attached hydrogen (secondary N) is 1. The SMILES string of the molecule is O=C(CCCc1ccccn1)Nc1cccc(OCC(=O)N2CCCC2)c1. The number of likely N-dealkylation sites (tertiary alicyclic amines) is 1. The fourth-order valence-corrected chi connectivity index (χ4v) is 3.07. The molecule has 0 bridgehead atoms. The minimum absolute atomic E-state index is 0.0106. The summed E-state index contributed by atoms with van der Waals surface area (Å²) in [5.74, 6) is 0.543. The van der Waals surface area contributed by atoms with E-state index in [4.69, 9.17) is 4.74 Å². The number of carbonyl (C=O) groups excluding carboxylic acids is 2. The van der Waals surface area contributed by atoms with Crippen LogP contribution in [0.5, 0.6) is 5.75 Å². The van der Waals surface area contributed by atoms with E-state index in [1.165, 1.54) is 0 Å². The maximum absolute atomic E-state index is 12.1. The van der Waals surface area contributed by atoms with Gasteiger partial charge >= 0.3 is 0 Å². The number of ether oxygens (including phenoxy) is 1. The van der Waals surface area contributed by atoms with Gasteiger partial charge in [0.15, 0.2) is 6.61 Å². The van der Waals surface area contributed by atoms with Crippen LogP contribution in [0.1, 0.15) is 31.4 Å². The lowest BCUT2D eigenvalue weighted by atomic mass is 10.1. The van der Waals surface area contributed by atoms with Gasteiger partial charge in [0.05, 0.1) is 0 Å². The van der Waals surface area contributed by atoms with Gasteiger partial charge in [-0.05, 0) is 49.9 Å². The number of nitrogens with zero attached hydrogens (tertiary/aromatic N) is 2. The number of benzene rings is 1. The Bertz CT molecular complexity index is 758. The third-order valence-corrected chi connectivity index (χ3v) is 4.50. The second-order valence-electron chi connectivity index (χ2n) is 6.63. The minimum atomic E-state index is -0.0452. The molecule has 0 unspecified atom stereocenters. The summed E-state index contributed by atoms with van der Waals surface area (Å²) in [6, 6.07) is 12.9. The van der Waals surface area contributed by atoms with Crippen LogP contribution in [-0.2, 0) is 16.0 Å². The molecule has 2 aromatic rings. The lowest BCUT2D eigenvalue weighted by molar-refractivity contribution is -0.132.